The lowest BCUT2D eigenvalue weighted by Gasteiger charge is -2.22. The normalized spacial score (nSPS) is 13.0. The molecular weight excluding hydrogens is 489 g/mol. The zero-order chi connectivity index (χ0) is 26.6. The third-order valence-electron chi connectivity index (χ3n) is 4.29. The fourth-order valence-electron chi connectivity index (χ4n) is 2.86. The molecule has 10 nitrogen and oxygen atoms in total. The summed E-state index contributed by atoms with van der Waals surface area (Å²) in [6.07, 6.45) is -1.39. The van der Waals surface area contributed by atoms with Crippen LogP contribution >= 0.6 is 8.60 Å². The van der Waals surface area contributed by atoms with E-state index in [0.29, 0.717) is 0 Å². The molecule has 198 valence electrons. The van der Waals surface area contributed by atoms with E-state index in [4.69, 9.17) is 27.8 Å². The first kappa shape index (κ1) is 29.5. The smallest absolute Gasteiger partial charge is 0.407 e. The van der Waals surface area contributed by atoms with Crippen molar-refractivity contribution in [3.8, 4) is 0 Å². The first-order chi connectivity index (χ1) is 17.0. The highest BCUT2D eigenvalue weighted by atomic mass is 31.2. The van der Waals surface area contributed by atoms with Gasteiger partial charge in [-0.1, -0.05) is 36.4 Å². The first-order valence-corrected chi connectivity index (χ1v) is 12.6. The molecule has 0 radical (unpaired) electrons. The van der Waals surface area contributed by atoms with E-state index < -0.39 is 38.3 Å². The van der Waals surface area contributed by atoms with Crippen LogP contribution in [0.25, 0.3) is 10.8 Å². The molecule has 0 aliphatic rings. The molecule has 2 rings (SSSR count). The van der Waals surface area contributed by atoms with Crippen LogP contribution in [-0.4, -0.2) is 56.1 Å². The minimum absolute atomic E-state index is 0.0881. The van der Waals surface area contributed by atoms with Crippen LogP contribution in [0, 0.1) is 0 Å². The molecule has 0 bridgehead atoms. The molecule has 0 fully saturated rings. The Hall–Kier alpha value is -2.78. The molecule has 2 unspecified atom stereocenters. The number of alkyl carbamates (subject to hydrolysis) is 1. The van der Waals surface area contributed by atoms with Crippen LogP contribution < -0.4 is 5.32 Å². The van der Waals surface area contributed by atoms with E-state index in [1.165, 1.54) is 13.8 Å². The number of rotatable bonds is 13. The summed E-state index contributed by atoms with van der Waals surface area (Å²) in [4.78, 5) is 34.4. The molecule has 11 heteroatoms. The largest absolute Gasteiger partial charge is 0.462 e. The Labute approximate surface area is 212 Å². The van der Waals surface area contributed by atoms with Crippen LogP contribution in [0.15, 0.2) is 42.5 Å². The molecule has 2 atom stereocenters. The zero-order valence-corrected chi connectivity index (χ0v) is 22.2. The van der Waals surface area contributed by atoms with Crippen molar-refractivity contribution in [3.05, 3.63) is 48.0 Å². The Bertz CT molecular complexity index is 1010. The van der Waals surface area contributed by atoms with E-state index in [2.05, 4.69) is 5.32 Å². The number of carbonyl (C=O) groups is 3. The van der Waals surface area contributed by atoms with Crippen LogP contribution in [0.4, 0.5) is 4.79 Å². The third kappa shape index (κ3) is 12.3. The zero-order valence-electron chi connectivity index (χ0n) is 21.3. The van der Waals surface area contributed by atoms with Gasteiger partial charge in [-0.2, -0.15) is 0 Å². The maximum absolute atomic E-state index is 11.8. The SMILES string of the molecule is CC(=O)OCC(COP(OCCNC(=O)OC(C)(C)C)OCc1ccc2ccccc2c1)OC(C)=O. The number of nitrogens with one attached hydrogen (secondary N) is 1. The Kier molecular flexibility index (Phi) is 12.0. The second kappa shape index (κ2) is 14.7. The number of hydrogen-bond acceptors (Lipinski definition) is 9. The molecule has 36 heavy (non-hydrogen) atoms. The number of ether oxygens (including phenoxy) is 3. The average molecular weight is 524 g/mol. The molecule has 0 aliphatic carbocycles. The molecule has 0 aliphatic heterocycles. The second-order valence-electron chi connectivity index (χ2n) is 8.77. The van der Waals surface area contributed by atoms with Gasteiger partial charge in [0.25, 0.3) is 0 Å². The number of esters is 2. The van der Waals surface area contributed by atoms with E-state index >= 15 is 0 Å². The van der Waals surface area contributed by atoms with Crippen molar-refractivity contribution in [1.82, 2.24) is 5.32 Å². The summed E-state index contributed by atoms with van der Waals surface area (Å²) in [5.74, 6) is -1.05. The summed E-state index contributed by atoms with van der Waals surface area (Å²) in [6, 6.07) is 13.9. The summed E-state index contributed by atoms with van der Waals surface area (Å²) in [5, 5.41) is 4.78. The van der Waals surface area contributed by atoms with Crippen molar-refractivity contribution in [2.75, 3.05) is 26.4 Å². The maximum atomic E-state index is 11.8. The molecule has 0 heterocycles. The minimum Gasteiger partial charge on any atom is -0.462 e. The lowest BCUT2D eigenvalue weighted by molar-refractivity contribution is -0.158. The highest BCUT2D eigenvalue weighted by Crippen LogP contribution is 2.41. The predicted molar refractivity (Wildman–Crippen MR) is 134 cm³/mol. The maximum Gasteiger partial charge on any atom is 0.407 e. The van der Waals surface area contributed by atoms with Gasteiger partial charge in [0.1, 0.15) is 12.2 Å². The van der Waals surface area contributed by atoms with Crippen molar-refractivity contribution in [2.24, 2.45) is 0 Å². The van der Waals surface area contributed by atoms with Gasteiger partial charge in [-0.05, 0) is 43.2 Å². The van der Waals surface area contributed by atoms with Gasteiger partial charge >= 0.3 is 26.6 Å². The quantitative estimate of drug-likeness (QED) is 0.173. The topological polar surface area (TPSA) is 119 Å². The average Bonchev–Trinajstić information content (AvgIpc) is 2.79. The van der Waals surface area contributed by atoms with Crippen molar-refractivity contribution in [2.45, 2.75) is 52.9 Å². The van der Waals surface area contributed by atoms with E-state index in [9.17, 15) is 14.4 Å². The highest BCUT2D eigenvalue weighted by molar-refractivity contribution is 7.41. The molecule has 1 amide bonds. The molecule has 0 aromatic heterocycles. The van der Waals surface area contributed by atoms with Gasteiger partial charge in [0.2, 0.25) is 0 Å². The number of amides is 1. The molecule has 0 spiro atoms. The van der Waals surface area contributed by atoms with E-state index in [-0.39, 0.29) is 33.0 Å². The number of carbonyl (C=O) groups excluding carboxylic acids is 3. The van der Waals surface area contributed by atoms with E-state index in [1.54, 1.807) is 20.8 Å². The van der Waals surface area contributed by atoms with Crippen molar-refractivity contribution < 1.29 is 42.2 Å². The van der Waals surface area contributed by atoms with Gasteiger partial charge in [0, 0.05) is 20.4 Å². The van der Waals surface area contributed by atoms with Gasteiger partial charge < -0.3 is 33.1 Å². The lowest BCUT2D eigenvalue weighted by atomic mass is 10.1. The van der Waals surface area contributed by atoms with E-state index in [0.717, 1.165) is 16.3 Å². The van der Waals surface area contributed by atoms with Gasteiger partial charge in [0.05, 0.1) is 19.8 Å². The Morgan fingerprint density at radius 1 is 0.917 bits per heavy atom. The fourth-order valence-corrected chi connectivity index (χ4v) is 3.87. The van der Waals surface area contributed by atoms with Crippen LogP contribution in [0.5, 0.6) is 0 Å². The van der Waals surface area contributed by atoms with Crippen LogP contribution in [0.2, 0.25) is 0 Å². The number of fused-ring (bicyclic) bond motifs is 1. The van der Waals surface area contributed by atoms with Crippen molar-refractivity contribution in [3.63, 3.8) is 0 Å². The fraction of sp³-hybridized carbons (Fsp3) is 0.480. The molecule has 2 aromatic rings. The molecule has 0 saturated heterocycles. The van der Waals surface area contributed by atoms with Crippen LogP contribution in [0.3, 0.4) is 0 Å². The summed E-state index contributed by atoms with van der Waals surface area (Å²) in [5.41, 5.74) is 0.300. The van der Waals surface area contributed by atoms with Crippen molar-refractivity contribution in [1.29, 1.82) is 0 Å². The molecular formula is C25H34NO9P. The second-order valence-corrected chi connectivity index (χ2v) is 9.99. The molecule has 2 aromatic carbocycles. The summed E-state index contributed by atoms with van der Waals surface area (Å²) in [6.45, 7) is 7.99. The van der Waals surface area contributed by atoms with Gasteiger partial charge in [-0.25, -0.2) is 4.79 Å². The monoisotopic (exact) mass is 523 g/mol. The minimum atomic E-state index is -1.89. The summed E-state index contributed by atoms with van der Waals surface area (Å²) < 4.78 is 32.6. The van der Waals surface area contributed by atoms with Crippen molar-refractivity contribution >= 4 is 37.4 Å². The number of hydrogen-bond donors (Lipinski definition) is 1. The Morgan fingerprint density at radius 2 is 1.64 bits per heavy atom. The van der Waals surface area contributed by atoms with E-state index in [1.807, 2.05) is 42.5 Å². The highest BCUT2D eigenvalue weighted by Gasteiger charge is 2.21. The Morgan fingerprint density at radius 3 is 2.31 bits per heavy atom. The summed E-state index contributed by atoms with van der Waals surface area (Å²) in [7, 11) is -1.89. The van der Waals surface area contributed by atoms with Gasteiger partial charge in [0.15, 0.2) is 6.10 Å². The predicted octanol–water partition coefficient (Wildman–Crippen LogP) is 4.64. The first-order valence-electron chi connectivity index (χ1n) is 11.5. The van der Waals surface area contributed by atoms with Gasteiger partial charge in [-0.15, -0.1) is 0 Å². The number of benzene rings is 2. The van der Waals surface area contributed by atoms with Crippen LogP contribution in [-0.2, 0) is 44.0 Å². The Balaban J connectivity index is 1.96. The standard InChI is InChI=1S/C25H34NO9P/c1-18(27)30-16-23(34-19(2)28)17-33-36(31-13-12-26-24(29)35-25(3,4)5)32-15-20-10-11-21-8-6-7-9-22(21)14-20/h6-11,14,23H,12-13,15-17H2,1-5H3,(H,26,29). The third-order valence-corrected chi connectivity index (χ3v) is 5.38. The lowest BCUT2D eigenvalue weighted by Crippen LogP contribution is -2.34. The molecule has 1 N–H and O–H groups in total. The molecule has 0 saturated carbocycles. The van der Waals surface area contributed by atoms with Gasteiger partial charge in [-0.3, -0.25) is 9.59 Å². The summed E-state index contributed by atoms with van der Waals surface area (Å²) >= 11 is 0. The van der Waals surface area contributed by atoms with Crippen LogP contribution in [0.1, 0.15) is 40.2 Å².